The van der Waals surface area contributed by atoms with Crippen molar-refractivity contribution in [2.45, 2.75) is 51.6 Å². The van der Waals surface area contributed by atoms with Gasteiger partial charge in [-0.25, -0.2) is 4.79 Å². The molecule has 5 nitrogen and oxygen atoms in total. The molecule has 0 spiro atoms. The normalized spacial score (nSPS) is 13.6. The van der Waals surface area contributed by atoms with Crippen molar-refractivity contribution in [2.24, 2.45) is 0 Å². The molecule has 0 unspecified atom stereocenters. The maximum atomic E-state index is 13.4. The van der Waals surface area contributed by atoms with E-state index in [0.717, 1.165) is 54.3 Å². The Hall–Kier alpha value is -2.86. The Kier molecular flexibility index (Phi) is 5.17. The molecule has 1 aliphatic carbocycles. The van der Waals surface area contributed by atoms with Crippen LogP contribution in [0.5, 0.6) is 0 Å². The van der Waals surface area contributed by atoms with E-state index in [1.807, 2.05) is 22.8 Å². The first kappa shape index (κ1) is 19.1. The molecule has 3 aromatic heterocycles. The molecule has 0 N–H and O–H groups in total. The predicted octanol–water partition coefficient (Wildman–Crippen LogP) is 4.38. The molecule has 0 bridgehead atoms. The van der Waals surface area contributed by atoms with Crippen LogP contribution in [0, 0.1) is 0 Å². The van der Waals surface area contributed by atoms with Crippen LogP contribution in [0.3, 0.4) is 0 Å². The van der Waals surface area contributed by atoms with E-state index in [-0.39, 0.29) is 17.8 Å². The van der Waals surface area contributed by atoms with Gasteiger partial charge in [0.05, 0.1) is 18.2 Å². The van der Waals surface area contributed by atoms with Gasteiger partial charge in [0.2, 0.25) is 0 Å². The van der Waals surface area contributed by atoms with Gasteiger partial charge in [-0.2, -0.15) is 0 Å². The molecular formula is C24H24N2O3S. The third-order valence-electron chi connectivity index (χ3n) is 5.90. The van der Waals surface area contributed by atoms with E-state index >= 15 is 0 Å². The van der Waals surface area contributed by atoms with Crippen LogP contribution < -0.4 is 11.2 Å². The number of rotatable bonds is 6. The topological polar surface area (TPSA) is 57.1 Å². The molecule has 4 aromatic rings. The molecule has 0 saturated carbocycles. The van der Waals surface area contributed by atoms with Crippen molar-refractivity contribution in [2.75, 3.05) is 0 Å². The van der Waals surface area contributed by atoms with Gasteiger partial charge in [-0.15, -0.1) is 11.3 Å². The molecule has 5 rings (SSSR count). The first-order valence-electron chi connectivity index (χ1n) is 10.6. The van der Waals surface area contributed by atoms with E-state index in [1.54, 1.807) is 29.7 Å². The van der Waals surface area contributed by atoms with Gasteiger partial charge < -0.3 is 4.42 Å². The summed E-state index contributed by atoms with van der Waals surface area (Å²) in [7, 11) is 0. The summed E-state index contributed by atoms with van der Waals surface area (Å²) in [5.74, 6) is 0.619. The van der Waals surface area contributed by atoms with E-state index in [9.17, 15) is 9.59 Å². The maximum absolute atomic E-state index is 13.4. The van der Waals surface area contributed by atoms with Gasteiger partial charge >= 0.3 is 5.69 Å². The highest BCUT2D eigenvalue weighted by Crippen LogP contribution is 2.34. The molecule has 0 aliphatic heterocycles. The summed E-state index contributed by atoms with van der Waals surface area (Å²) < 4.78 is 8.60. The van der Waals surface area contributed by atoms with Crippen molar-refractivity contribution in [3.05, 3.63) is 91.3 Å². The van der Waals surface area contributed by atoms with Crippen LogP contribution >= 0.6 is 11.3 Å². The molecule has 1 aromatic carbocycles. The molecule has 1 aliphatic rings. The second-order valence-electron chi connectivity index (χ2n) is 7.89. The summed E-state index contributed by atoms with van der Waals surface area (Å²) >= 11 is 1.64. The second kappa shape index (κ2) is 8.11. The highest BCUT2D eigenvalue weighted by Gasteiger charge is 2.23. The Balaban J connectivity index is 1.59. The molecule has 0 radical (unpaired) electrons. The average Bonchev–Trinajstić information content (AvgIpc) is 3.42. The number of hydrogen-bond acceptors (Lipinski definition) is 4. The molecule has 0 saturated heterocycles. The van der Waals surface area contributed by atoms with Crippen molar-refractivity contribution in [1.82, 2.24) is 9.13 Å². The van der Waals surface area contributed by atoms with Crippen molar-refractivity contribution < 1.29 is 4.42 Å². The van der Waals surface area contributed by atoms with Crippen molar-refractivity contribution >= 4 is 21.6 Å². The minimum Gasteiger partial charge on any atom is -0.467 e. The van der Waals surface area contributed by atoms with Gasteiger partial charge in [0.15, 0.2) is 0 Å². The van der Waals surface area contributed by atoms with Gasteiger partial charge in [-0.3, -0.25) is 13.9 Å². The van der Waals surface area contributed by atoms with E-state index < -0.39 is 0 Å². The summed E-state index contributed by atoms with van der Waals surface area (Å²) in [6, 6.07) is 13.9. The quantitative estimate of drug-likeness (QED) is 0.465. The van der Waals surface area contributed by atoms with Gasteiger partial charge in [-0.05, 0) is 61.8 Å². The van der Waals surface area contributed by atoms with E-state index in [2.05, 4.69) is 12.1 Å². The minimum atomic E-state index is -0.240. The molecule has 3 heterocycles. The number of thiophene rings is 1. The van der Waals surface area contributed by atoms with E-state index in [0.29, 0.717) is 12.3 Å². The summed E-state index contributed by atoms with van der Waals surface area (Å²) in [4.78, 5) is 28.9. The Morgan fingerprint density at radius 3 is 2.60 bits per heavy atom. The zero-order chi connectivity index (χ0) is 20.5. The lowest BCUT2D eigenvalue weighted by atomic mass is 9.97. The van der Waals surface area contributed by atoms with E-state index in [4.69, 9.17) is 4.42 Å². The van der Waals surface area contributed by atoms with Crippen LogP contribution in [0.2, 0.25) is 0 Å². The van der Waals surface area contributed by atoms with Crippen molar-refractivity contribution in [1.29, 1.82) is 0 Å². The summed E-state index contributed by atoms with van der Waals surface area (Å²) in [6.45, 7) is 0.770. The van der Waals surface area contributed by atoms with Crippen molar-refractivity contribution in [3.63, 3.8) is 0 Å². The van der Waals surface area contributed by atoms with Crippen LogP contribution in [0.25, 0.3) is 10.2 Å². The number of furan rings is 1. The molecular weight excluding hydrogens is 396 g/mol. The Morgan fingerprint density at radius 1 is 0.967 bits per heavy atom. The number of aryl methyl sites for hydroxylation is 4. The highest BCUT2D eigenvalue weighted by molar-refractivity contribution is 7.18. The summed E-state index contributed by atoms with van der Waals surface area (Å²) in [5, 5.41) is 0.751. The van der Waals surface area contributed by atoms with Crippen LogP contribution in [0.15, 0.2) is 62.7 Å². The third-order valence-corrected chi connectivity index (χ3v) is 7.22. The fraction of sp³-hybridized carbons (Fsp3) is 0.333. The molecule has 6 heteroatoms. The lowest BCUT2D eigenvalue weighted by Gasteiger charge is -2.13. The average molecular weight is 421 g/mol. The SMILES string of the molecule is O=c1c2c3c(sc2n(CCCc2ccccc2)c(=O)n1Cc1ccco1)CCCC3. The number of aromatic nitrogens is 2. The monoisotopic (exact) mass is 420 g/mol. The number of nitrogens with zero attached hydrogens (tertiary/aromatic N) is 2. The largest absolute Gasteiger partial charge is 0.467 e. The Morgan fingerprint density at radius 2 is 1.80 bits per heavy atom. The van der Waals surface area contributed by atoms with Gasteiger partial charge in [0, 0.05) is 11.4 Å². The summed E-state index contributed by atoms with van der Waals surface area (Å²) in [6.07, 6.45) is 7.50. The molecule has 154 valence electrons. The molecule has 0 atom stereocenters. The Bertz CT molecular complexity index is 1280. The fourth-order valence-electron chi connectivity index (χ4n) is 4.40. The standard InChI is InChI=1S/C24H24N2O3S/c27-22-21-19-12-4-5-13-20(19)30-23(21)25(14-6-10-17-8-2-1-3-9-17)24(28)26(22)16-18-11-7-15-29-18/h1-3,7-9,11,15H,4-6,10,12-14,16H2. The van der Waals surface area contributed by atoms with Crippen LogP contribution in [-0.4, -0.2) is 9.13 Å². The molecule has 0 fully saturated rings. The lowest BCUT2D eigenvalue weighted by molar-refractivity contribution is 0.476. The predicted molar refractivity (Wildman–Crippen MR) is 120 cm³/mol. The first-order chi connectivity index (χ1) is 14.7. The van der Waals surface area contributed by atoms with Crippen molar-refractivity contribution in [3.8, 4) is 0 Å². The molecule has 0 amide bonds. The van der Waals surface area contributed by atoms with Crippen LogP contribution in [0.1, 0.15) is 41.0 Å². The number of hydrogen-bond donors (Lipinski definition) is 0. The highest BCUT2D eigenvalue weighted by atomic mass is 32.1. The Labute approximate surface area is 178 Å². The van der Waals surface area contributed by atoms with E-state index in [1.165, 1.54) is 15.0 Å². The second-order valence-corrected chi connectivity index (χ2v) is 8.97. The molecule has 30 heavy (non-hydrogen) atoms. The lowest BCUT2D eigenvalue weighted by Crippen LogP contribution is -2.40. The van der Waals surface area contributed by atoms with Crippen LogP contribution in [0.4, 0.5) is 0 Å². The zero-order valence-corrected chi connectivity index (χ0v) is 17.6. The number of benzene rings is 1. The first-order valence-corrected chi connectivity index (χ1v) is 11.4. The third kappa shape index (κ3) is 3.45. The van der Waals surface area contributed by atoms with Gasteiger partial charge in [0.25, 0.3) is 5.56 Å². The summed E-state index contributed by atoms with van der Waals surface area (Å²) in [5.41, 5.74) is 2.01. The zero-order valence-electron chi connectivity index (χ0n) is 16.8. The number of fused-ring (bicyclic) bond motifs is 3. The fourth-order valence-corrected chi connectivity index (χ4v) is 5.80. The smallest absolute Gasteiger partial charge is 0.332 e. The van der Waals surface area contributed by atoms with Crippen LogP contribution in [-0.2, 0) is 32.4 Å². The van der Waals surface area contributed by atoms with Gasteiger partial charge in [-0.1, -0.05) is 30.3 Å². The maximum Gasteiger partial charge on any atom is 0.332 e. The van der Waals surface area contributed by atoms with Gasteiger partial charge in [0.1, 0.15) is 10.6 Å². The minimum absolute atomic E-state index is 0.171.